The van der Waals surface area contributed by atoms with Gasteiger partial charge in [-0.15, -0.1) is 0 Å². The van der Waals surface area contributed by atoms with Crippen molar-refractivity contribution in [2.24, 2.45) is 0 Å². The second kappa shape index (κ2) is 11.0. The summed E-state index contributed by atoms with van der Waals surface area (Å²) < 4.78 is 53.8. The first kappa shape index (κ1) is 28.1. The van der Waals surface area contributed by atoms with E-state index in [2.05, 4.69) is 30.0 Å². The molecule has 0 saturated carbocycles. The van der Waals surface area contributed by atoms with Crippen molar-refractivity contribution < 1.29 is 21.6 Å². The fraction of sp³-hybridized carbons (Fsp3) is 0.160. The molecule has 2 N–H and O–H groups in total. The number of carbonyl (C=O) groups excluding carboxylic acids is 1. The van der Waals surface area contributed by atoms with Gasteiger partial charge in [0.1, 0.15) is 11.6 Å². The largest absolute Gasteiger partial charge is 0.321 e. The van der Waals surface area contributed by atoms with Crippen molar-refractivity contribution in [1.82, 2.24) is 19.9 Å². The van der Waals surface area contributed by atoms with Gasteiger partial charge in [-0.3, -0.25) is 9.52 Å². The van der Waals surface area contributed by atoms with Gasteiger partial charge in [0.25, 0.3) is 15.9 Å². The lowest BCUT2D eigenvalue weighted by Gasteiger charge is -2.11. The van der Waals surface area contributed by atoms with Crippen LogP contribution in [0.5, 0.6) is 0 Å². The van der Waals surface area contributed by atoms with E-state index in [0.29, 0.717) is 17.1 Å². The molecule has 0 aliphatic carbocycles. The summed E-state index contributed by atoms with van der Waals surface area (Å²) >= 11 is 6.10. The number of sulfonamides is 1. The van der Waals surface area contributed by atoms with Crippen LogP contribution in [0.2, 0.25) is 5.02 Å². The Labute approximate surface area is 230 Å². The Hall–Kier alpha value is -3.94. The molecule has 14 heteroatoms. The van der Waals surface area contributed by atoms with Crippen LogP contribution in [0.1, 0.15) is 33.1 Å². The maximum atomic E-state index is 12.9. The smallest absolute Gasteiger partial charge is 0.275 e. The minimum Gasteiger partial charge on any atom is -0.321 e. The number of sulfone groups is 1. The molecule has 0 aliphatic heterocycles. The van der Waals surface area contributed by atoms with Gasteiger partial charge in [-0.25, -0.2) is 36.8 Å². The fourth-order valence-electron chi connectivity index (χ4n) is 3.57. The SMILES string of the molecule is Cc1cc(NS(=O)(=O)c2ccc(NC(=O)c3nc(S(=O)(=O)Cc4ccccc4C)ncc3Cl)cc2)nc(C)n1. The number of aromatic nitrogens is 4. The van der Waals surface area contributed by atoms with E-state index in [4.69, 9.17) is 11.6 Å². The Morgan fingerprint density at radius 1 is 0.923 bits per heavy atom. The average Bonchev–Trinajstić information content (AvgIpc) is 2.85. The average molecular weight is 587 g/mol. The van der Waals surface area contributed by atoms with E-state index in [9.17, 15) is 21.6 Å². The summed E-state index contributed by atoms with van der Waals surface area (Å²) in [6.07, 6.45) is 1.05. The molecule has 0 aliphatic rings. The molecule has 4 aromatic rings. The number of aryl methyl sites for hydroxylation is 3. The number of amides is 1. The standard InChI is InChI=1S/C25H23ClN6O5S2/c1-15-6-4-5-7-18(15)14-38(34,35)25-27-13-21(26)23(31-25)24(33)30-19-8-10-20(11-9-19)39(36,37)32-22-12-16(2)28-17(3)29-22/h4-13H,14H2,1-3H3,(H,30,33)(H,28,29,32). The molecule has 0 bridgehead atoms. The van der Waals surface area contributed by atoms with Crippen LogP contribution in [0.3, 0.4) is 0 Å². The van der Waals surface area contributed by atoms with E-state index in [-0.39, 0.29) is 32.9 Å². The number of hydrogen-bond donors (Lipinski definition) is 2. The molecule has 0 atom stereocenters. The highest BCUT2D eigenvalue weighted by atomic mass is 35.5. The number of nitrogens with one attached hydrogen (secondary N) is 2. The monoisotopic (exact) mass is 586 g/mol. The van der Waals surface area contributed by atoms with Crippen molar-refractivity contribution in [2.45, 2.75) is 36.6 Å². The molecule has 2 aromatic carbocycles. The zero-order chi connectivity index (χ0) is 28.4. The lowest BCUT2D eigenvalue weighted by molar-refractivity contribution is 0.102. The Kier molecular flexibility index (Phi) is 7.95. The van der Waals surface area contributed by atoms with E-state index in [1.54, 1.807) is 45.0 Å². The molecule has 11 nitrogen and oxygen atoms in total. The van der Waals surface area contributed by atoms with E-state index in [1.165, 1.54) is 30.3 Å². The first-order chi connectivity index (χ1) is 18.3. The molecular weight excluding hydrogens is 564 g/mol. The summed E-state index contributed by atoms with van der Waals surface area (Å²) in [4.78, 5) is 28.7. The van der Waals surface area contributed by atoms with Gasteiger partial charge in [0.05, 0.1) is 21.9 Å². The molecule has 4 rings (SSSR count). The molecule has 0 fully saturated rings. The molecular formula is C25H23ClN6O5S2. The molecule has 1 amide bonds. The van der Waals surface area contributed by atoms with Crippen molar-refractivity contribution >= 4 is 48.9 Å². The third-order valence-corrected chi connectivity index (χ3v) is 8.54. The topological polar surface area (TPSA) is 161 Å². The van der Waals surface area contributed by atoms with Gasteiger partial charge in [-0.2, -0.15) is 0 Å². The summed E-state index contributed by atoms with van der Waals surface area (Å²) in [5, 5.41) is 1.84. The summed E-state index contributed by atoms with van der Waals surface area (Å²) in [6, 6.07) is 13.8. The third-order valence-electron chi connectivity index (χ3n) is 5.45. The maximum absolute atomic E-state index is 12.9. The minimum absolute atomic E-state index is 0.0703. The van der Waals surface area contributed by atoms with Crippen molar-refractivity contribution in [3.05, 3.63) is 94.2 Å². The van der Waals surface area contributed by atoms with Crippen LogP contribution < -0.4 is 10.0 Å². The zero-order valence-corrected chi connectivity index (χ0v) is 23.4. The van der Waals surface area contributed by atoms with E-state index < -0.39 is 30.9 Å². The quantitative estimate of drug-likeness (QED) is 0.292. The molecule has 2 aromatic heterocycles. The van der Waals surface area contributed by atoms with Crippen molar-refractivity contribution in [2.75, 3.05) is 10.0 Å². The van der Waals surface area contributed by atoms with Crippen molar-refractivity contribution in [1.29, 1.82) is 0 Å². The first-order valence-corrected chi connectivity index (χ1v) is 14.9. The summed E-state index contributed by atoms with van der Waals surface area (Å²) in [6.45, 7) is 5.15. The molecule has 202 valence electrons. The van der Waals surface area contributed by atoms with E-state index in [1.807, 2.05) is 0 Å². The maximum Gasteiger partial charge on any atom is 0.275 e. The van der Waals surface area contributed by atoms with Crippen LogP contribution in [0.15, 0.2) is 70.8 Å². The van der Waals surface area contributed by atoms with Crippen LogP contribution in [-0.2, 0) is 25.6 Å². The third kappa shape index (κ3) is 6.74. The highest BCUT2D eigenvalue weighted by Gasteiger charge is 2.24. The zero-order valence-electron chi connectivity index (χ0n) is 21.0. The molecule has 0 saturated heterocycles. The van der Waals surface area contributed by atoms with Gasteiger partial charge in [-0.05, 0) is 56.2 Å². The Morgan fingerprint density at radius 3 is 2.28 bits per heavy atom. The number of nitrogens with zero attached hydrogens (tertiary/aromatic N) is 4. The Balaban J connectivity index is 1.51. The van der Waals surface area contributed by atoms with Crippen LogP contribution in [0, 0.1) is 20.8 Å². The van der Waals surface area contributed by atoms with Crippen LogP contribution in [-0.4, -0.2) is 42.7 Å². The number of hydrogen-bond acceptors (Lipinski definition) is 9. The Bertz CT molecular complexity index is 1760. The van der Waals surface area contributed by atoms with Gasteiger partial charge in [0.2, 0.25) is 15.0 Å². The van der Waals surface area contributed by atoms with Gasteiger partial charge in [0, 0.05) is 17.4 Å². The highest BCUT2D eigenvalue weighted by molar-refractivity contribution is 7.92. The van der Waals surface area contributed by atoms with Crippen molar-refractivity contribution in [3.8, 4) is 0 Å². The number of halogens is 1. The molecule has 39 heavy (non-hydrogen) atoms. The predicted octanol–water partition coefficient (Wildman–Crippen LogP) is 3.87. The molecule has 2 heterocycles. The second-order valence-corrected chi connectivity index (χ2v) is 12.5. The number of rotatable bonds is 8. The van der Waals surface area contributed by atoms with Crippen molar-refractivity contribution in [3.63, 3.8) is 0 Å². The summed E-state index contributed by atoms with van der Waals surface area (Å²) in [7, 11) is -7.94. The minimum atomic E-state index is -3.98. The van der Waals surface area contributed by atoms with Crippen LogP contribution in [0.4, 0.5) is 11.5 Å². The first-order valence-electron chi connectivity index (χ1n) is 11.4. The number of carbonyl (C=O) groups is 1. The van der Waals surface area contributed by atoms with E-state index in [0.717, 1.165) is 11.8 Å². The fourth-order valence-corrected chi connectivity index (χ4v) is 6.05. The van der Waals surface area contributed by atoms with Gasteiger partial charge >= 0.3 is 0 Å². The van der Waals surface area contributed by atoms with Gasteiger partial charge in [0.15, 0.2) is 5.69 Å². The van der Waals surface area contributed by atoms with Gasteiger partial charge in [-0.1, -0.05) is 35.9 Å². The molecule has 0 radical (unpaired) electrons. The Morgan fingerprint density at radius 2 is 1.62 bits per heavy atom. The molecule has 0 unspecified atom stereocenters. The summed E-state index contributed by atoms with van der Waals surface area (Å²) in [5.74, 6) is -0.597. The highest BCUT2D eigenvalue weighted by Crippen LogP contribution is 2.22. The molecule has 0 spiro atoms. The van der Waals surface area contributed by atoms with Gasteiger partial charge < -0.3 is 5.32 Å². The normalized spacial score (nSPS) is 11.7. The van der Waals surface area contributed by atoms with Crippen LogP contribution >= 0.6 is 11.6 Å². The lowest BCUT2D eigenvalue weighted by Crippen LogP contribution is -2.18. The number of benzene rings is 2. The number of anilines is 2. The lowest BCUT2D eigenvalue weighted by atomic mass is 10.1. The summed E-state index contributed by atoms with van der Waals surface area (Å²) in [5.41, 5.74) is 1.86. The van der Waals surface area contributed by atoms with Crippen LogP contribution in [0.25, 0.3) is 0 Å². The van der Waals surface area contributed by atoms with E-state index >= 15 is 0 Å². The predicted molar refractivity (Wildman–Crippen MR) is 146 cm³/mol. The second-order valence-electron chi connectivity index (χ2n) is 8.56.